The van der Waals surface area contributed by atoms with Gasteiger partial charge in [-0.25, -0.2) is 8.42 Å². The molecule has 3 aromatic rings. The van der Waals surface area contributed by atoms with Gasteiger partial charge in [0.1, 0.15) is 17.2 Å². The Hall–Kier alpha value is -2.91. The van der Waals surface area contributed by atoms with Crippen molar-refractivity contribution in [1.82, 2.24) is 4.72 Å². The van der Waals surface area contributed by atoms with Crippen molar-refractivity contribution in [2.24, 2.45) is 0 Å². The number of hydrogen-bond donors (Lipinski definition) is 3. The minimum Gasteiger partial charge on any atom is -0.481 e. The zero-order valence-electron chi connectivity index (χ0n) is 12.7. The molecule has 0 fully saturated rings. The fourth-order valence-electron chi connectivity index (χ4n) is 2.48. The summed E-state index contributed by atoms with van der Waals surface area (Å²) in [6.07, 6.45) is -0.870. The first-order valence-electron chi connectivity index (χ1n) is 7.16. The Bertz CT molecular complexity index is 1080. The SMILES string of the molecule is O=C(O)C[C@H](NS(=O)(=O)c1ccc2oc3ccccc3c2c1)C(=O)O. The van der Waals surface area contributed by atoms with Crippen LogP contribution in [0.5, 0.6) is 0 Å². The third kappa shape index (κ3) is 3.32. The highest BCUT2D eigenvalue weighted by molar-refractivity contribution is 7.89. The maximum atomic E-state index is 12.4. The van der Waals surface area contributed by atoms with E-state index < -0.39 is 34.4 Å². The Kier molecular flexibility index (Phi) is 4.19. The van der Waals surface area contributed by atoms with E-state index in [1.165, 1.54) is 18.2 Å². The van der Waals surface area contributed by atoms with E-state index in [0.717, 1.165) is 5.39 Å². The van der Waals surface area contributed by atoms with Crippen LogP contribution in [0.2, 0.25) is 0 Å². The van der Waals surface area contributed by atoms with Crippen LogP contribution in [0.3, 0.4) is 0 Å². The van der Waals surface area contributed by atoms with Crippen LogP contribution in [-0.4, -0.2) is 36.6 Å². The first-order valence-corrected chi connectivity index (χ1v) is 8.64. The number of benzene rings is 2. The lowest BCUT2D eigenvalue weighted by atomic mass is 10.1. The molecular weight excluding hydrogens is 350 g/mol. The largest absolute Gasteiger partial charge is 0.481 e. The zero-order chi connectivity index (χ0) is 18.2. The molecule has 1 heterocycles. The molecule has 0 unspecified atom stereocenters. The van der Waals surface area contributed by atoms with Crippen LogP contribution in [-0.2, 0) is 19.6 Å². The van der Waals surface area contributed by atoms with Crippen molar-refractivity contribution >= 4 is 43.9 Å². The highest BCUT2D eigenvalue weighted by atomic mass is 32.2. The number of para-hydroxylation sites is 1. The normalized spacial score (nSPS) is 13.1. The van der Waals surface area contributed by atoms with Gasteiger partial charge in [-0.05, 0) is 24.3 Å². The molecule has 8 nitrogen and oxygen atoms in total. The predicted octanol–water partition coefficient (Wildman–Crippen LogP) is 1.79. The third-order valence-corrected chi connectivity index (χ3v) is 5.10. The van der Waals surface area contributed by atoms with Crippen molar-refractivity contribution in [2.75, 3.05) is 0 Å². The van der Waals surface area contributed by atoms with Crippen molar-refractivity contribution in [2.45, 2.75) is 17.4 Å². The maximum absolute atomic E-state index is 12.4. The molecule has 9 heteroatoms. The molecule has 0 amide bonds. The first kappa shape index (κ1) is 16.9. The molecule has 130 valence electrons. The van der Waals surface area contributed by atoms with E-state index in [-0.39, 0.29) is 4.90 Å². The molecule has 0 radical (unpaired) electrons. The average molecular weight is 363 g/mol. The second kappa shape index (κ2) is 6.19. The summed E-state index contributed by atoms with van der Waals surface area (Å²) in [6, 6.07) is 9.42. The van der Waals surface area contributed by atoms with E-state index in [0.29, 0.717) is 16.6 Å². The van der Waals surface area contributed by atoms with Crippen molar-refractivity contribution in [3.05, 3.63) is 42.5 Å². The van der Waals surface area contributed by atoms with Crippen LogP contribution < -0.4 is 4.72 Å². The van der Waals surface area contributed by atoms with Gasteiger partial charge < -0.3 is 14.6 Å². The average Bonchev–Trinajstić information content (AvgIpc) is 2.91. The highest BCUT2D eigenvalue weighted by Gasteiger charge is 2.28. The standard InChI is InChI=1S/C16H13NO7S/c18-15(19)8-12(16(20)21)17-25(22,23)9-5-6-14-11(7-9)10-3-1-2-4-13(10)24-14/h1-7,12,17H,8H2,(H,18,19)(H,20,21)/t12-/m0/s1. The van der Waals surface area contributed by atoms with Gasteiger partial charge >= 0.3 is 11.9 Å². The van der Waals surface area contributed by atoms with E-state index in [1.54, 1.807) is 24.3 Å². The van der Waals surface area contributed by atoms with Gasteiger partial charge in [-0.2, -0.15) is 4.72 Å². The van der Waals surface area contributed by atoms with Gasteiger partial charge in [0.15, 0.2) is 0 Å². The summed E-state index contributed by atoms with van der Waals surface area (Å²) in [6.45, 7) is 0. The highest BCUT2D eigenvalue weighted by Crippen LogP contribution is 2.30. The lowest BCUT2D eigenvalue weighted by molar-refractivity contribution is -0.145. The van der Waals surface area contributed by atoms with Crippen LogP contribution >= 0.6 is 0 Å². The molecule has 0 aliphatic heterocycles. The minimum absolute atomic E-state index is 0.178. The molecule has 3 N–H and O–H groups in total. The zero-order valence-corrected chi connectivity index (χ0v) is 13.5. The minimum atomic E-state index is -4.22. The van der Waals surface area contributed by atoms with Crippen LogP contribution in [0.4, 0.5) is 0 Å². The lowest BCUT2D eigenvalue weighted by Crippen LogP contribution is -2.42. The van der Waals surface area contributed by atoms with Gasteiger partial charge in [-0.15, -0.1) is 0 Å². The second-order valence-electron chi connectivity index (χ2n) is 5.37. The van der Waals surface area contributed by atoms with Crippen LogP contribution in [0.25, 0.3) is 21.9 Å². The monoisotopic (exact) mass is 363 g/mol. The Labute approximate surface area is 141 Å². The van der Waals surface area contributed by atoms with Crippen LogP contribution in [0.1, 0.15) is 6.42 Å². The van der Waals surface area contributed by atoms with Crippen LogP contribution in [0, 0.1) is 0 Å². The maximum Gasteiger partial charge on any atom is 0.322 e. The number of aliphatic carboxylic acids is 2. The first-order chi connectivity index (χ1) is 11.8. The lowest BCUT2D eigenvalue weighted by Gasteiger charge is -2.12. The topological polar surface area (TPSA) is 134 Å². The Morgan fingerprint density at radius 3 is 2.40 bits per heavy atom. The van der Waals surface area contributed by atoms with E-state index in [9.17, 15) is 18.0 Å². The van der Waals surface area contributed by atoms with Crippen molar-refractivity contribution in [3.8, 4) is 0 Å². The Morgan fingerprint density at radius 1 is 1.04 bits per heavy atom. The summed E-state index contributed by atoms with van der Waals surface area (Å²) in [7, 11) is -4.22. The molecule has 1 aromatic heterocycles. The number of carboxylic acids is 2. The summed E-state index contributed by atoms with van der Waals surface area (Å²) in [5.74, 6) is -2.99. The molecule has 0 aliphatic rings. The molecule has 0 bridgehead atoms. The summed E-state index contributed by atoms with van der Waals surface area (Å²) >= 11 is 0. The van der Waals surface area contributed by atoms with E-state index in [2.05, 4.69) is 0 Å². The smallest absolute Gasteiger partial charge is 0.322 e. The molecule has 0 saturated heterocycles. The molecule has 25 heavy (non-hydrogen) atoms. The van der Waals surface area contributed by atoms with Gasteiger partial charge in [0.05, 0.1) is 11.3 Å². The number of furan rings is 1. The number of hydrogen-bond acceptors (Lipinski definition) is 5. The summed E-state index contributed by atoms with van der Waals surface area (Å²) in [5, 5.41) is 19.0. The molecule has 3 rings (SSSR count). The number of rotatable bonds is 6. The fourth-order valence-corrected chi connectivity index (χ4v) is 3.70. The molecule has 1 atom stereocenters. The Morgan fingerprint density at radius 2 is 1.72 bits per heavy atom. The molecule has 0 aliphatic carbocycles. The van der Waals surface area contributed by atoms with E-state index in [4.69, 9.17) is 14.6 Å². The summed E-state index contributed by atoms with van der Waals surface area (Å²) in [4.78, 5) is 21.6. The van der Waals surface area contributed by atoms with Gasteiger partial charge in [0, 0.05) is 10.8 Å². The number of carbonyl (C=O) groups is 2. The Balaban J connectivity index is 2.03. The van der Waals surface area contributed by atoms with Gasteiger partial charge in [-0.3, -0.25) is 9.59 Å². The van der Waals surface area contributed by atoms with E-state index in [1.807, 2.05) is 4.72 Å². The quantitative estimate of drug-likeness (QED) is 0.608. The van der Waals surface area contributed by atoms with Gasteiger partial charge in [-0.1, -0.05) is 18.2 Å². The third-order valence-electron chi connectivity index (χ3n) is 3.63. The van der Waals surface area contributed by atoms with Crippen molar-refractivity contribution < 1.29 is 32.6 Å². The summed E-state index contributed by atoms with van der Waals surface area (Å²) in [5.41, 5.74) is 1.08. The summed E-state index contributed by atoms with van der Waals surface area (Å²) < 4.78 is 32.4. The molecule has 0 spiro atoms. The fraction of sp³-hybridized carbons (Fsp3) is 0.125. The number of carboxylic acid groups (broad SMARTS) is 2. The van der Waals surface area contributed by atoms with Gasteiger partial charge in [0.25, 0.3) is 0 Å². The van der Waals surface area contributed by atoms with Crippen molar-refractivity contribution in [1.29, 1.82) is 0 Å². The number of sulfonamides is 1. The number of nitrogens with one attached hydrogen (secondary N) is 1. The predicted molar refractivity (Wildman–Crippen MR) is 87.7 cm³/mol. The molecule has 2 aromatic carbocycles. The molecular formula is C16H13NO7S. The molecule has 0 saturated carbocycles. The number of fused-ring (bicyclic) bond motifs is 3. The van der Waals surface area contributed by atoms with E-state index >= 15 is 0 Å². The van der Waals surface area contributed by atoms with Gasteiger partial charge in [0.2, 0.25) is 10.0 Å². The van der Waals surface area contributed by atoms with Crippen LogP contribution in [0.15, 0.2) is 51.8 Å². The van der Waals surface area contributed by atoms with Crippen molar-refractivity contribution in [3.63, 3.8) is 0 Å². The second-order valence-corrected chi connectivity index (χ2v) is 7.08.